The molecule has 0 radical (unpaired) electrons. The number of benzene rings is 2. The molecule has 0 atom stereocenters. The van der Waals surface area contributed by atoms with Crippen LogP contribution in [0.4, 0.5) is 5.69 Å². The van der Waals surface area contributed by atoms with Crippen molar-refractivity contribution in [2.45, 2.75) is 26.2 Å². The maximum Gasteiger partial charge on any atom is 0.262 e. The molecule has 6 heteroatoms. The predicted molar refractivity (Wildman–Crippen MR) is 131 cm³/mol. The Hall–Kier alpha value is -3.56. The van der Waals surface area contributed by atoms with E-state index in [1.807, 2.05) is 18.2 Å². The molecule has 3 aromatic rings. The molecule has 2 heterocycles. The van der Waals surface area contributed by atoms with Gasteiger partial charge in [0.05, 0.1) is 6.61 Å². The van der Waals surface area contributed by atoms with Crippen LogP contribution in [0.1, 0.15) is 31.9 Å². The first kappa shape index (κ1) is 22.6. The number of nitriles is 1. The van der Waals surface area contributed by atoms with Gasteiger partial charge in [0.1, 0.15) is 23.2 Å². The topological polar surface area (TPSA) is 78.5 Å². The zero-order valence-electron chi connectivity index (χ0n) is 19.2. The van der Waals surface area contributed by atoms with Gasteiger partial charge in [-0.25, -0.2) is 0 Å². The van der Waals surface area contributed by atoms with Crippen LogP contribution in [0.25, 0.3) is 27.7 Å². The number of piperidine rings is 1. The Morgan fingerprint density at radius 2 is 1.85 bits per heavy atom. The number of hydrogen-bond donors (Lipinski definition) is 1. The lowest BCUT2D eigenvalue weighted by molar-refractivity contribution is -0.117. The number of fused-ring (bicyclic) bond motifs is 1. The third-order valence-corrected chi connectivity index (χ3v) is 6.11. The number of hydrogen-bond acceptors (Lipinski definition) is 5. The lowest BCUT2D eigenvalue weighted by Gasteiger charge is -2.29. The van der Waals surface area contributed by atoms with Gasteiger partial charge in [-0.3, -0.25) is 4.79 Å². The van der Waals surface area contributed by atoms with Crippen LogP contribution in [-0.4, -0.2) is 39.3 Å². The lowest BCUT2D eigenvalue weighted by atomic mass is 10.0. The molecule has 4 rings (SSSR count). The number of furan rings is 1. The highest BCUT2D eigenvalue weighted by atomic mass is 16.5. The largest absolute Gasteiger partial charge is 0.456 e. The monoisotopic (exact) mass is 443 g/mol. The van der Waals surface area contributed by atoms with E-state index >= 15 is 0 Å². The molecule has 1 fully saturated rings. The number of anilines is 1. The summed E-state index contributed by atoms with van der Waals surface area (Å²) in [4.78, 5) is 14.8. The van der Waals surface area contributed by atoms with Crippen molar-refractivity contribution >= 4 is 27.9 Å². The van der Waals surface area contributed by atoms with E-state index < -0.39 is 5.91 Å². The number of allylic oxidation sites excluding steroid dienone is 1. The molecule has 170 valence electrons. The van der Waals surface area contributed by atoms with E-state index in [1.54, 1.807) is 20.1 Å². The zero-order chi connectivity index (χ0) is 23.2. The van der Waals surface area contributed by atoms with Gasteiger partial charge in [-0.05, 0) is 67.3 Å². The van der Waals surface area contributed by atoms with Crippen molar-refractivity contribution in [3.8, 4) is 17.4 Å². The van der Waals surface area contributed by atoms with E-state index in [0.29, 0.717) is 30.2 Å². The Morgan fingerprint density at radius 3 is 2.61 bits per heavy atom. The van der Waals surface area contributed by atoms with E-state index in [2.05, 4.69) is 40.5 Å². The van der Waals surface area contributed by atoms with Crippen LogP contribution in [0.3, 0.4) is 0 Å². The van der Waals surface area contributed by atoms with Gasteiger partial charge in [0.15, 0.2) is 0 Å². The zero-order valence-corrected chi connectivity index (χ0v) is 19.2. The van der Waals surface area contributed by atoms with Gasteiger partial charge >= 0.3 is 0 Å². The maximum atomic E-state index is 12.3. The number of nitrogens with one attached hydrogen (secondary N) is 1. The Balaban J connectivity index is 1.56. The van der Waals surface area contributed by atoms with Gasteiger partial charge in [-0.1, -0.05) is 18.2 Å². The van der Waals surface area contributed by atoms with E-state index in [0.717, 1.165) is 24.0 Å². The van der Waals surface area contributed by atoms with E-state index in [-0.39, 0.29) is 5.57 Å². The van der Waals surface area contributed by atoms with Crippen LogP contribution in [0.5, 0.6) is 0 Å². The van der Waals surface area contributed by atoms with Crippen molar-refractivity contribution in [2.24, 2.45) is 0 Å². The van der Waals surface area contributed by atoms with Crippen molar-refractivity contribution in [2.75, 3.05) is 38.3 Å². The van der Waals surface area contributed by atoms with Crippen LogP contribution < -0.4 is 10.2 Å². The second-order valence-electron chi connectivity index (χ2n) is 8.32. The molecule has 2 aromatic carbocycles. The molecule has 1 N–H and O–H groups in total. The molecule has 0 aliphatic carbocycles. The summed E-state index contributed by atoms with van der Waals surface area (Å²) < 4.78 is 11.0. The SMILES string of the molecule is COCCNC(=O)/C(C#N)=C(\C)c1ccc(-c2ccc3cc(N4CCCCC4)ccc3c2)o1. The average molecular weight is 444 g/mol. The lowest BCUT2D eigenvalue weighted by Crippen LogP contribution is -2.29. The number of methoxy groups -OCH3 is 1. The highest BCUT2D eigenvalue weighted by molar-refractivity contribution is 6.04. The summed E-state index contributed by atoms with van der Waals surface area (Å²) in [6.45, 7) is 4.70. The number of carbonyl (C=O) groups excluding carboxylic acids is 1. The fourth-order valence-electron chi connectivity index (χ4n) is 4.21. The molecule has 1 saturated heterocycles. The van der Waals surface area contributed by atoms with Crippen LogP contribution >= 0.6 is 0 Å². The Morgan fingerprint density at radius 1 is 1.09 bits per heavy atom. The minimum Gasteiger partial charge on any atom is -0.456 e. The molecular formula is C27H29N3O3. The van der Waals surface area contributed by atoms with Gasteiger partial charge < -0.3 is 19.4 Å². The molecule has 1 aliphatic rings. The van der Waals surface area contributed by atoms with Crippen molar-refractivity contribution < 1.29 is 13.9 Å². The summed E-state index contributed by atoms with van der Waals surface area (Å²) in [5, 5.41) is 14.5. The normalized spacial score (nSPS) is 14.6. The summed E-state index contributed by atoms with van der Waals surface area (Å²) in [5.74, 6) is 0.771. The molecule has 0 saturated carbocycles. The summed E-state index contributed by atoms with van der Waals surface area (Å²) in [7, 11) is 1.56. The highest BCUT2D eigenvalue weighted by Gasteiger charge is 2.17. The summed E-state index contributed by atoms with van der Waals surface area (Å²) >= 11 is 0. The van der Waals surface area contributed by atoms with Crippen molar-refractivity contribution in [1.29, 1.82) is 5.26 Å². The Bertz CT molecular complexity index is 1210. The van der Waals surface area contributed by atoms with Gasteiger partial charge in [0, 0.05) is 43.6 Å². The maximum absolute atomic E-state index is 12.3. The number of amides is 1. The van der Waals surface area contributed by atoms with E-state index in [1.165, 1.54) is 30.3 Å². The van der Waals surface area contributed by atoms with Crippen molar-refractivity contribution in [1.82, 2.24) is 5.32 Å². The number of carbonyl (C=O) groups is 1. The molecule has 33 heavy (non-hydrogen) atoms. The minimum atomic E-state index is -0.430. The smallest absolute Gasteiger partial charge is 0.262 e. The first-order valence-electron chi connectivity index (χ1n) is 11.4. The Kier molecular flexibility index (Phi) is 7.11. The summed E-state index contributed by atoms with van der Waals surface area (Å²) in [5.41, 5.74) is 2.78. The Labute approximate surface area is 194 Å². The molecule has 0 bridgehead atoms. The summed E-state index contributed by atoms with van der Waals surface area (Å²) in [6, 6.07) is 18.6. The minimum absolute atomic E-state index is 0.0377. The van der Waals surface area contributed by atoms with Crippen molar-refractivity contribution in [3.63, 3.8) is 0 Å². The third-order valence-electron chi connectivity index (χ3n) is 6.11. The molecule has 0 unspecified atom stereocenters. The molecule has 1 aromatic heterocycles. The quantitative estimate of drug-likeness (QED) is 0.310. The van der Waals surface area contributed by atoms with Crippen LogP contribution in [0.2, 0.25) is 0 Å². The molecule has 1 aliphatic heterocycles. The molecule has 0 spiro atoms. The standard InChI is InChI=1S/C27H29N3O3/c1-19(24(18-28)27(31)29-12-15-32-2)25-10-11-26(33-25)22-7-6-21-17-23(9-8-20(21)16-22)30-13-4-3-5-14-30/h6-11,16-17H,3-5,12-15H2,1-2H3,(H,29,31)/b24-19+. The van der Waals surface area contributed by atoms with Crippen LogP contribution in [0, 0.1) is 11.3 Å². The molecule has 1 amide bonds. The second-order valence-corrected chi connectivity index (χ2v) is 8.32. The molecule has 6 nitrogen and oxygen atoms in total. The van der Waals surface area contributed by atoms with Gasteiger partial charge in [-0.15, -0.1) is 0 Å². The number of ether oxygens (including phenoxy) is 1. The first-order chi connectivity index (χ1) is 16.1. The van der Waals surface area contributed by atoms with E-state index in [4.69, 9.17) is 9.15 Å². The first-order valence-corrected chi connectivity index (χ1v) is 11.4. The number of nitrogens with zero attached hydrogens (tertiary/aromatic N) is 2. The summed E-state index contributed by atoms with van der Waals surface area (Å²) in [6.07, 6.45) is 3.84. The highest BCUT2D eigenvalue weighted by Crippen LogP contribution is 2.31. The van der Waals surface area contributed by atoms with Gasteiger partial charge in [0.2, 0.25) is 0 Å². The van der Waals surface area contributed by atoms with Gasteiger partial charge in [0.25, 0.3) is 5.91 Å². The third kappa shape index (κ3) is 5.10. The second kappa shape index (κ2) is 10.4. The number of rotatable bonds is 7. The van der Waals surface area contributed by atoms with E-state index in [9.17, 15) is 10.1 Å². The van der Waals surface area contributed by atoms with Crippen LogP contribution in [0.15, 0.2) is 58.5 Å². The fraction of sp³-hybridized carbons (Fsp3) is 0.333. The van der Waals surface area contributed by atoms with Crippen molar-refractivity contribution in [3.05, 3.63) is 59.9 Å². The molecular weight excluding hydrogens is 414 g/mol. The fourth-order valence-corrected chi connectivity index (χ4v) is 4.21. The van der Waals surface area contributed by atoms with Gasteiger partial charge in [-0.2, -0.15) is 5.26 Å². The average Bonchev–Trinajstić information content (AvgIpc) is 3.35. The van der Waals surface area contributed by atoms with Crippen LogP contribution in [-0.2, 0) is 9.53 Å². The predicted octanol–water partition coefficient (Wildman–Crippen LogP) is 5.15.